The molecule has 0 saturated heterocycles. The number of halogens is 1. The predicted molar refractivity (Wildman–Crippen MR) is 143 cm³/mol. The molecule has 0 aliphatic carbocycles. The van der Waals surface area contributed by atoms with E-state index in [1.54, 1.807) is 30.3 Å². The number of benzene rings is 2. The van der Waals surface area contributed by atoms with E-state index in [1.165, 1.54) is 44.2 Å². The highest BCUT2D eigenvalue weighted by atomic mass is 32.2. The van der Waals surface area contributed by atoms with Crippen molar-refractivity contribution in [2.24, 2.45) is 0 Å². The number of carbonyl (C=O) groups is 2. The van der Waals surface area contributed by atoms with Gasteiger partial charge < -0.3 is 20.3 Å². The molecule has 12 heteroatoms. The van der Waals surface area contributed by atoms with Gasteiger partial charge in [0.25, 0.3) is 5.91 Å². The Bertz CT molecular complexity index is 1480. The van der Waals surface area contributed by atoms with Crippen LogP contribution in [0.1, 0.15) is 21.6 Å². The molecule has 0 aliphatic rings. The number of carbonyl (C=O) groups excluding carboxylic acids is 2. The molecule has 0 bridgehead atoms. The van der Waals surface area contributed by atoms with Gasteiger partial charge in [0.1, 0.15) is 11.5 Å². The molecular formula is C27H31FN4O6S. The average Bonchev–Trinajstić information content (AvgIpc) is 2.89. The second-order valence-corrected chi connectivity index (χ2v) is 11.2. The second kappa shape index (κ2) is 12.8. The van der Waals surface area contributed by atoms with Crippen LogP contribution >= 0.6 is 0 Å². The number of sulfonamides is 1. The van der Waals surface area contributed by atoms with Crippen molar-refractivity contribution in [1.29, 1.82) is 0 Å². The van der Waals surface area contributed by atoms with Gasteiger partial charge in [-0.05, 0) is 36.6 Å². The molecule has 0 saturated carbocycles. The molecule has 10 nitrogen and oxygen atoms in total. The lowest BCUT2D eigenvalue weighted by Gasteiger charge is -2.30. The van der Waals surface area contributed by atoms with Crippen LogP contribution in [0.15, 0.2) is 76.6 Å². The van der Waals surface area contributed by atoms with Crippen LogP contribution in [0.4, 0.5) is 4.39 Å². The third kappa shape index (κ3) is 7.82. The summed E-state index contributed by atoms with van der Waals surface area (Å²) in [5.74, 6) is -2.03. The van der Waals surface area contributed by atoms with Crippen molar-refractivity contribution in [3.05, 3.63) is 99.7 Å². The first kappa shape index (κ1) is 29.7. The Morgan fingerprint density at radius 2 is 1.77 bits per heavy atom. The van der Waals surface area contributed by atoms with Gasteiger partial charge >= 0.3 is 0 Å². The number of pyridine rings is 1. The first-order valence-corrected chi connectivity index (χ1v) is 13.5. The number of hydrogen-bond donors (Lipinski definition) is 3. The quantitative estimate of drug-likeness (QED) is 0.324. The molecule has 3 N–H and O–H groups in total. The van der Waals surface area contributed by atoms with Crippen molar-refractivity contribution < 1.29 is 27.5 Å². The van der Waals surface area contributed by atoms with Crippen LogP contribution in [-0.2, 0) is 21.2 Å². The number of aliphatic hydroxyl groups excluding tert-OH is 1. The van der Waals surface area contributed by atoms with Crippen molar-refractivity contribution in [1.82, 2.24) is 19.5 Å². The molecular weight excluding hydrogens is 527 g/mol. The van der Waals surface area contributed by atoms with E-state index in [4.69, 9.17) is 0 Å². The van der Waals surface area contributed by atoms with E-state index >= 15 is 0 Å². The van der Waals surface area contributed by atoms with Gasteiger partial charge in [0.05, 0.1) is 23.6 Å². The van der Waals surface area contributed by atoms with Crippen LogP contribution in [0, 0.1) is 12.7 Å². The molecule has 2 amide bonds. The lowest BCUT2D eigenvalue weighted by atomic mass is 10.0. The minimum Gasteiger partial charge on any atom is -0.390 e. The monoisotopic (exact) mass is 558 g/mol. The maximum absolute atomic E-state index is 14.0. The maximum Gasteiger partial charge on any atom is 0.268 e. The minimum atomic E-state index is -4.44. The summed E-state index contributed by atoms with van der Waals surface area (Å²) in [5, 5.41) is 14.0. The van der Waals surface area contributed by atoms with Gasteiger partial charge in [0, 0.05) is 39.0 Å². The molecule has 0 radical (unpaired) electrons. The Hall–Kier alpha value is -3.87. The van der Waals surface area contributed by atoms with Crippen LogP contribution in [0.2, 0.25) is 0 Å². The van der Waals surface area contributed by atoms with E-state index in [9.17, 15) is 32.3 Å². The van der Waals surface area contributed by atoms with Crippen LogP contribution < -0.4 is 10.7 Å². The fourth-order valence-corrected chi connectivity index (χ4v) is 5.48. The van der Waals surface area contributed by atoms with Crippen LogP contribution in [0.25, 0.3) is 0 Å². The molecule has 39 heavy (non-hydrogen) atoms. The van der Waals surface area contributed by atoms with Crippen molar-refractivity contribution in [2.45, 2.75) is 30.4 Å². The summed E-state index contributed by atoms with van der Waals surface area (Å²) >= 11 is 0. The Morgan fingerprint density at radius 3 is 2.41 bits per heavy atom. The lowest BCUT2D eigenvalue weighted by Crippen LogP contribution is -2.52. The Labute approximate surface area is 226 Å². The summed E-state index contributed by atoms with van der Waals surface area (Å²) in [5.41, 5.74) is 0.554. The number of likely N-dealkylation sites (N-methyl/N-ethyl adjacent to an activating group) is 1. The molecule has 0 aliphatic heterocycles. The highest BCUT2D eigenvalue weighted by Crippen LogP contribution is 2.22. The molecule has 0 spiro atoms. The smallest absolute Gasteiger partial charge is 0.268 e. The molecule has 2 atom stereocenters. The van der Waals surface area contributed by atoms with Crippen LogP contribution in [0.5, 0.6) is 0 Å². The predicted octanol–water partition coefficient (Wildman–Crippen LogP) is 1.30. The van der Waals surface area contributed by atoms with E-state index < -0.39 is 58.3 Å². The number of aromatic nitrogens is 1. The first-order chi connectivity index (χ1) is 18.4. The van der Waals surface area contributed by atoms with E-state index in [0.29, 0.717) is 0 Å². The number of rotatable bonds is 11. The fourth-order valence-electron chi connectivity index (χ4n) is 3.84. The summed E-state index contributed by atoms with van der Waals surface area (Å²) < 4.78 is 42.0. The molecule has 1 heterocycles. The van der Waals surface area contributed by atoms with Gasteiger partial charge in [-0.15, -0.1) is 0 Å². The van der Waals surface area contributed by atoms with Crippen molar-refractivity contribution in [3.63, 3.8) is 0 Å². The van der Waals surface area contributed by atoms with E-state index in [1.807, 2.05) is 0 Å². The van der Waals surface area contributed by atoms with Gasteiger partial charge in [-0.3, -0.25) is 14.4 Å². The van der Waals surface area contributed by atoms with Gasteiger partial charge in [0.15, 0.2) is 5.43 Å². The molecule has 208 valence electrons. The maximum atomic E-state index is 14.0. The molecule has 1 aromatic heterocycles. The van der Waals surface area contributed by atoms with Crippen molar-refractivity contribution >= 4 is 21.8 Å². The Morgan fingerprint density at radius 1 is 1.08 bits per heavy atom. The third-order valence-corrected chi connectivity index (χ3v) is 8.02. The molecule has 3 rings (SSSR count). The number of aryl methyl sites for hydroxylation is 1. The molecule has 0 fully saturated rings. The van der Waals surface area contributed by atoms with Gasteiger partial charge in [-0.25, -0.2) is 12.8 Å². The normalized spacial score (nSPS) is 13.1. The molecule has 3 aromatic rings. The zero-order valence-electron chi connectivity index (χ0n) is 21.8. The van der Waals surface area contributed by atoms with E-state index in [-0.39, 0.29) is 22.6 Å². The summed E-state index contributed by atoms with van der Waals surface area (Å²) in [6.45, 7) is 0.287. The highest BCUT2D eigenvalue weighted by molar-refractivity contribution is 7.89. The standard InChI is InChI=1S/C27H31FN4O6S/c1-18-9-10-20(28)14-25(18)39(37,38)32(17-26(35)31(2)3)16-24(34)22(13-19-7-5-4-6-8-19)30-27(36)23-15-21(33)11-12-29-23/h4-12,14-15,22,24,34H,13,16-17H2,1-3H3,(H,29,33)(H,30,36)/t22-,24+/m0/s1. The zero-order valence-corrected chi connectivity index (χ0v) is 22.6. The highest BCUT2D eigenvalue weighted by Gasteiger charge is 2.33. The number of amides is 2. The second-order valence-electron chi connectivity index (χ2n) is 9.27. The lowest BCUT2D eigenvalue weighted by molar-refractivity contribution is -0.129. The zero-order chi connectivity index (χ0) is 28.7. The van der Waals surface area contributed by atoms with Crippen LogP contribution in [-0.4, -0.2) is 78.9 Å². The third-order valence-electron chi connectivity index (χ3n) is 6.07. The van der Waals surface area contributed by atoms with Gasteiger partial charge in [-0.2, -0.15) is 4.31 Å². The first-order valence-electron chi connectivity index (χ1n) is 12.1. The Kier molecular flexibility index (Phi) is 9.73. The summed E-state index contributed by atoms with van der Waals surface area (Å²) in [6.07, 6.45) is -0.0787. The number of nitrogens with zero attached hydrogens (tertiary/aromatic N) is 2. The van der Waals surface area contributed by atoms with Crippen LogP contribution in [0.3, 0.4) is 0 Å². The Balaban J connectivity index is 1.97. The largest absolute Gasteiger partial charge is 0.390 e. The SMILES string of the molecule is Cc1ccc(F)cc1S(=O)(=O)N(CC(=O)N(C)C)C[C@@H](O)[C@H](Cc1ccccc1)NC(=O)c1cc(=O)cc[nH]1. The van der Waals surface area contributed by atoms with Gasteiger partial charge in [-0.1, -0.05) is 36.4 Å². The number of nitrogens with one attached hydrogen (secondary N) is 2. The van der Waals surface area contributed by atoms with E-state index in [0.717, 1.165) is 28.1 Å². The fraction of sp³-hybridized carbons (Fsp3) is 0.296. The van der Waals surface area contributed by atoms with Crippen molar-refractivity contribution in [2.75, 3.05) is 27.2 Å². The molecule has 2 aromatic carbocycles. The summed E-state index contributed by atoms with van der Waals surface area (Å²) in [7, 11) is -1.54. The summed E-state index contributed by atoms with van der Waals surface area (Å²) in [6, 6.07) is 13.5. The number of aliphatic hydroxyl groups is 1. The number of hydrogen-bond acceptors (Lipinski definition) is 6. The van der Waals surface area contributed by atoms with E-state index in [2.05, 4.69) is 10.3 Å². The van der Waals surface area contributed by atoms with Gasteiger partial charge in [0.2, 0.25) is 15.9 Å². The van der Waals surface area contributed by atoms with Crippen molar-refractivity contribution in [3.8, 4) is 0 Å². The number of aromatic amines is 1. The summed E-state index contributed by atoms with van der Waals surface area (Å²) in [4.78, 5) is 40.8. The topological polar surface area (TPSA) is 140 Å². The average molecular weight is 559 g/mol. The number of H-pyrrole nitrogens is 1. The molecule has 0 unspecified atom stereocenters. The minimum absolute atomic E-state index is 0.0459.